The fourth-order valence-electron chi connectivity index (χ4n) is 2.53. The first-order valence-electron chi connectivity index (χ1n) is 7.01. The molecule has 118 valence electrons. The number of nitrogens with two attached hydrogens (primary N) is 1. The standard InChI is InChI=1S/C13H22N4O3S/c14-21(19,20)10-2-12-11-15-3-1-13(12)17-6-4-16(5-7-17)8-9-18/h1,3,11,18H,2,4-10H2,(H2,14,19,20). The SMILES string of the molecule is NS(=O)(=O)CCc1cnccc1N1CCN(CCO)CC1. The highest BCUT2D eigenvalue weighted by atomic mass is 32.2. The van der Waals surface area contributed by atoms with E-state index in [2.05, 4.69) is 14.8 Å². The van der Waals surface area contributed by atoms with Crippen molar-refractivity contribution in [2.24, 2.45) is 5.14 Å². The molecule has 3 N–H and O–H groups in total. The predicted molar refractivity (Wildman–Crippen MR) is 81.7 cm³/mol. The fourth-order valence-corrected chi connectivity index (χ4v) is 3.03. The smallest absolute Gasteiger partial charge is 0.209 e. The van der Waals surface area contributed by atoms with Gasteiger partial charge in [0.2, 0.25) is 10.0 Å². The van der Waals surface area contributed by atoms with Gasteiger partial charge in [0.05, 0.1) is 12.4 Å². The number of pyridine rings is 1. The lowest BCUT2D eigenvalue weighted by atomic mass is 10.1. The molecule has 1 aromatic rings. The van der Waals surface area contributed by atoms with Crippen LogP contribution in [0, 0.1) is 0 Å². The average molecular weight is 314 g/mol. The summed E-state index contributed by atoms with van der Waals surface area (Å²) in [5, 5.41) is 14.0. The van der Waals surface area contributed by atoms with Crippen LogP contribution in [-0.4, -0.2) is 68.5 Å². The second-order valence-corrected chi connectivity index (χ2v) is 6.91. The van der Waals surface area contributed by atoms with E-state index in [0.717, 1.165) is 37.4 Å². The van der Waals surface area contributed by atoms with Gasteiger partial charge in [-0.3, -0.25) is 9.88 Å². The lowest BCUT2D eigenvalue weighted by molar-refractivity contribution is 0.188. The van der Waals surface area contributed by atoms with Gasteiger partial charge in [-0.2, -0.15) is 0 Å². The minimum atomic E-state index is -3.47. The molecular formula is C13H22N4O3S. The third-order valence-electron chi connectivity index (χ3n) is 3.66. The summed E-state index contributed by atoms with van der Waals surface area (Å²) >= 11 is 0. The van der Waals surface area contributed by atoms with Crippen molar-refractivity contribution < 1.29 is 13.5 Å². The van der Waals surface area contributed by atoms with Gasteiger partial charge in [-0.25, -0.2) is 13.6 Å². The lowest BCUT2D eigenvalue weighted by Crippen LogP contribution is -2.47. The van der Waals surface area contributed by atoms with Crippen molar-refractivity contribution >= 4 is 15.7 Å². The van der Waals surface area contributed by atoms with Gasteiger partial charge in [-0.15, -0.1) is 0 Å². The van der Waals surface area contributed by atoms with Gasteiger partial charge < -0.3 is 10.0 Å². The number of sulfonamides is 1. The Morgan fingerprint density at radius 2 is 2.00 bits per heavy atom. The summed E-state index contributed by atoms with van der Waals surface area (Å²) in [5.74, 6) is -0.0732. The number of aliphatic hydroxyl groups is 1. The van der Waals surface area contributed by atoms with Crippen LogP contribution in [0.25, 0.3) is 0 Å². The Hall–Kier alpha value is -1.22. The van der Waals surface area contributed by atoms with Crippen LogP contribution < -0.4 is 10.0 Å². The van der Waals surface area contributed by atoms with Crippen molar-refractivity contribution in [2.45, 2.75) is 6.42 Å². The van der Waals surface area contributed by atoms with Crippen LogP contribution in [-0.2, 0) is 16.4 Å². The summed E-state index contributed by atoms with van der Waals surface area (Å²) in [6, 6.07) is 1.92. The Labute approximate surface area is 125 Å². The maximum absolute atomic E-state index is 11.1. The molecule has 0 bridgehead atoms. The first kappa shape index (κ1) is 16.2. The highest BCUT2D eigenvalue weighted by molar-refractivity contribution is 7.89. The third-order valence-corrected chi connectivity index (χ3v) is 4.44. The van der Waals surface area contributed by atoms with E-state index >= 15 is 0 Å². The molecule has 0 atom stereocenters. The molecule has 0 unspecified atom stereocenters. The monoisotopic (exact) mass is 314 g/mol. The molecule has 0 aromatic carbocycles. The van der Waals surface area contributed by atoms with E-state index in [1.807, 2.05) is 6.07 Å². The number of aliphatic hydroxyl groups excluding tert-OH is 1. The topological polar surface area (TPSA) is 99.8 Å². The third kappa shape index (κ3) is 4.92. The van der Waals surface area contributed by atoms with Crippen molar-refractivity contribution in [3.05, 3.63) is 24.0 Å². The first-order valence-corrected chi connectivity index (χ1v) is 8.72. The molecule has 1 aromatic heterocycles. The summed E-state index contributed by atoms with van der Waals surface area (Å²) in [6.07, 6.45) is 3.80. The number of anilines is 1. The maximum atomic E-state index is 11.1. The number of rotatable bonds is 6. The van der Waals surface area contributed by atoms with Gasteiger partial charge in [0.15, 0.2) is 0 Å². The van der Waals surface area contributed by atoms with Crippen LogP contribution in [0.2, 0.25) is 0 Å². The predicted octanol–water partition coefficient (Wildman–Crippen LogP) is -0.973. The second kappa shape index (κ2) is 7.17. The Morgan fingerprint density at radius 1 is 1.29 bits per heavy atom. The Balaban J connectivity index is 2.03. The van der Waals surface area contributed by atoms with E-state index in [4.69, 9.17) is 10.2 Å². The molecule has 1 aliphatic rings. The molecule has 0 saturated carbocycles. The molecule has 0 amide bonds. The highest BCUT2D eigenvalue weighted by Crippen LogP contribution is 2.21. The Bertz CT molecular complexity index is 556. The van der Waals surface area contributed by atoms with Crippen molar-refractivity contribution in [3.63, 3.8) is 0 Å². The minimum absolute atomic E-state index is 0.0732. The zero-order valence-electron chi connectivity index (χ0n) is 12.0. The number of hydrogen-bond donors (Lipinski definition) is 2. The van der Waals surface area contributed by atoms with Crippen molar-refractivity contribution in [1.82, 2.24) is 9.88 Å². The van der Waals surface area contributed by atoms with Crippen LogP contribution in [0.3, 0.4) is 0 Å². The van der Waals surface area contributed by atoms with E-state index in [-0.39, 0.29) is 12.4 Å². The van der Waals surface area contributed by atoms with Crippen LogP contribution in [0.5, 0.6) is 0 Å². The summed E-state index contributed by atoms with van der Waals surface area (Å²) in [4.78, 5) is 8.52. The second-order valence-electron chi connectivity index (χ2n) is 5.17. The summed E-state index contributed by atoms with van der Waals surface area (Å²) in [6.45, 7) is 4.35. The van der Waals surface area contributed by atoms with E-state index in [1.165, 1.54) is 0 Å². The number of piperazine rings is 1. The van der Waals surface area contributed by atoms with Crippen LogP contribution in [0.1, 0.15) is 5.56 Å². The van der Waals surface area contributed by atoms with E-state index in [1.54, 1.807) is 12.4 Å². The Morgan fingerprint density at radius 3 is 2.62 bits per heavy atom. The summed E-state index contributed by atoms with van der Waals surface area (Å²) in [7, 11) is -3.47. The van der Waals surface area contributed by atoms with Crippen LogP contribution in [0.4, 0.5) is 5.69 Å². The van der Waals surface area contributed by atoms with Gasteiger partial charge >= 0.3 is 0 Å². The molecular weight excluding hydrogens is 292 g/mol. The number of aromatic nitrogens is 1. The van der Waals surface area contributed by atoms with Gasteiger partial charge in [0.25, 0.3) is 0 Å². The molecule has 0 radical (unpaired) electrons. The normalized spacial score (nSPS) is 17.1. The number of hydrogen-bond acceptors (Lipinski definition) is 6. The summed E-state index contributed by atoms with van der Waals surface area (Å²) in [5.41, 5.74) is 1.93. The highest BCUT2D eigenvalue weighted by Gasteiger charge is 2.19. The molecule has 0 aliphatic carbocycles. The largest absolute Gasteiger partial charge is 0.395 e. The van der Waals surface area contributed by atoms with Crippen molar-refractivity contribution in [3.8, 4) is 0 Å². The van der Waals surface area contributed by atoms with Gasteiger partial charge in [0, 0.05) is 50.8 Å². The quantitative estimate of drug-likeness (QED) is 0.700. The van der Waals surface area contributed by atoms with Crippen molar-refractivity contribution in [1.29, 1.82) is 0 Å². The number of nitrogens with zero attached hydrogens (tertiary/aromatic N) is 3. The molecule has 21 heavy (non-hydrogen) atoms. The van der Waals surface area contributed by atoms with Crippen LogP contribution in [0.15, 0.2) is 18.5 Å². The van der Waals surface area contributed by atoms with Crippen molar-refractivity contribution in [2.75, 3.05) is 50.0 Å². The molecule has 1 saturated heterocycles. The minimum Gasteiger partial charge on any atom is -0.395 e. The van der Waals surface area contributed by atoms with E-state index in [9.17, 15) is 8.42 Å². The van der Waals surface area contributed by atoms with Gasteiger partial charge in [0.1, 0.15) is 0 Å². The lowest BCUT2D eigenvalue weighted by Gasteiger charge is -2.36. The first-order chi connectivity index (χ1) is 9.99. The van der Waals surface area contributed by atoms with Crippen LogP contribution >= 0.6 is 0 Å². The van der Waals surface area contributed by atoms with Gasteiger partial charge in [-0.05, 0) is 18.1 Å². The number of aryl methyl sites for hydroxylation is 1. The zero-order chi connectivity index (χ0) is 15.3. The molecule has 2 heterocycles. The van der Waals surface area contributed by atoms with Gasteiger partial charge in [-0.1, -0.05) is 0 Å². The molecule has 0 spiro atoms. The number of β-amino-alcohol motifs (C(OH)–C–C–N with tert-alkyl or cyclic N) is 1. The maximum Gasteiger partial charge on any atom is 0.209 e. The molecule has 7 nitrogen and oxygen atoms in total. The summed E-state index contributed by atoms with van der Waals surface area (Å²) < 4.78 is 22.2. The number of primary sulfonamides is 1. The van der Waals surface area contributed by atoms with E-state index < -0.39 is 10.0 Å². The molecule has 2 rings (SSSR count). The average Bonchev–Trinajstić information content (AvgIpc) is 2.46. The molecule has 1 aliphatic heterocycles. The molecule has 1 fully saturated rings. The fraction of sp³-hybridized carbons (Fsp3) is 0.615. The van der Waals surface area contributed by atoms with E-state index in [0.29, 0.717) is 13.0 Å². The molecule has 8 heteroatoms. The Kier molecular flexibility index (Phi) is 5.51. The zero-order valence-corrected chi connectivity index (χ0v) is 12.8.